The van der Waals surface area contributed by atoms with Gasteiger partial charge in [0.1, 0.15) is 12.2 Å². The molecule has 0 radical (unpaired) electrons. The predicted molar refractivity (Wildman–Crippen MR) is 90.7 cm³/mol. The largest absolute Gasteiger partial charge is 0.476 e. The van der Waals surface area contributed by atoms with Gasteiger partial charge in [-0.1, -0.05) is 12.1 Å². The van der Waals surface area contributed by atoms with E-state index in [0.29, 0.717) is 12.4 Å². The minimum Gasteiger partial charge on any atom is -0.476 e. The third-order valence-corrected chi connectivity index (χ3v) is 2.74. The molecule has 0 aromatic carbocycles. The molecule has 0 unspecified atom stereocenters. The van der Waals surface area contributed by atoms with Crippen LogP contribution in [0.5, 0.6) is 5.88 Å². The number of rotatable bonds is 7. The Morgan fingerprint density at radius 1 is 1.33 bits per heavy atom. The van der Waals surface area contributed by atoms with Gasteiger partial charge >= 0.3 is 6.09 Å². The summed E-state index contributed by atoms with van der Waals surface area (Å²) >= 11 is 0. The van der Waals surface area contributed by atoms with Crippen LogP contribution in [0.1, 0.15) is 20.8 Å². The van der Waals surface area contributed by atoms with E-state index >= 15 is 0 Å². The van der Waals surface area contributed by atoms with Crippen molar-refractivity contribution in [2.45, 2.75) is 26.4 Å². The lowest BCUT2D eigenvalue weighted by molar-refractivity contribution is -0.116. The van der Waals surface area contributed by atoms with Gasteiger partial charge in [-0.25, -0.2) is 9.78 Å². The van der Waals surface area contributed by atoms with Gasteiger partial charge < -0.3 is 19.7 Å². The maximum atomic E-state index is 12.2. The first-order chi connectivity index (χ1) is 11.3. The number of nitrogens with zero attached hydrogens (tertiary/aromatic N) is 2. The highest BCUT2D eigenvalue weighted by Gasteiger charge is 2.21. The fourth-order valence-corrected chi connectivity index (χ4v) is 1.65. The van der Waals surface area contributed by atoms with E-state index in [1.807, 2.05) is 6.07 Å². The Bertz CT molecular complexity index is 553. The summed E-state index contributed by atoms with van der Waals surface area (Å²) in [6.07, 6.45) is 4.14. The fourth-order valence-electron chi connectivity index (χ4n) is 1.65. The van der Waals surface area contributed by atoms with Gasteiger partial charge in [0, 0.05) is 31.9 Å². The summed E-state index contributed by atoms with van der Waals surface area (Å²) in [4.78, 5) is 29.0. The van der Waals surface area contributed by atoms with Gasteiger partial charge in [0.05, 0.1) is 6.54 Å². The Labute approximate surface area is 142 Å². The summed E-state index contributed by atoms with van der Waals surface area (Å²) in [7, 11) is 1.54. The molecule has 7 heteroatoms. The maximum absolute atomic E-state index is 12.2. The van der Waals surface area contributed by atoms with Crippen molar-refractivity contribution in [1.82, 2.24) is 15.2 Å². The molecule has 0 atom stereocenters. The van der Waals surface area contributed by atoms with Crippen molar-refractivity contribution in [3.63, 3.8) is 0 Å². The van der Waals surface area contributed by atoms with E-state index in [1.165, 1.54) is 11.0 Å². The first-order valence-electron chi connectivity index (χ1n) is 7.72. The van der Waals surface area contributed by atoms with Crippen molar-refractivity contribution >= 4 is 12.0 Å². The van der Waals surface area contributed by atoms with Gasteiger partial charge in [-0.3, -0.25) is 4.79 Å². The molecule has 1 rings (SSSR count). The summed E-state index contributed by atoms with van der Waals surface area (Å²) in [6.45, 7) is 6.22. The molecule has 1 N–H and O–H groups in total. The van der Waals surface area contributed by atoms with Gasteiger partial charge in [-0.05, 0) is 26.8 Å². The molecule has 132 valence electrons. The van der Waals surface area contributed by atoms with Gasteiger partial charge in [0.15, 0.2) is 0 Å². The molecule has 2 amide bonds. The van der Waals surface area contributed by atoms with Crippen molar-refractivity contribution in [1.29, 1.82) is 0 Å². The zero-order chi connectivity index (χ0) is 18.0. The number of aromatic nitrogens is 1. The van der Waals surface area contributed by atoms with Crippen LogP contribution in [0.25, 0.3) is 0 Å². The van der Waals surface area contributed by atoms with Crippen LogP contribution < -0.4 is 10.1 Å². The van der Waals surface area contributed by atoms with Crippen LogP contribution in [0.4, 0.5) is 4.79 Å². The third kappa shape index (κ3) is 8.17. The zero-order valence-electron chi connectivity index (χ0n) is 14.6. The Morgan fingerprint density at radius 3 is 2.67 bits per heavy atom. The number of hydrogen-bond acceptors (Lipinski definition) is 5. The van der Waals surface area contributed by atoms with Gasteiger partial charge in [0.25, 0.3) is 0 Å². The molecule has 0 saturated carbocycles. The smallest absolute Gasteiger partial charge is 0.410 e. The molecule has 7 nitrogen and oxygen atoms in total. The van der Waals surface area contributed by atoms with E-state index in [0.717, 1.165) is 0 Å². The molecule has 0 fully saturated rings. The molecule has 1 heterocycles. The number of pyridine rings is 1. The van der Waals surface area contributed by atoms with E-state index in [9.17, 15) is 9.59 Å². The van der Waals surface area contributed by atoms with Crippen molar-refractivity contribution < 1.29 is 19.1 Å². The van der Waals surface area contributed by atoms with Crippen molar-refractivity contribution in [2.24, 2.45) is 0 Å². The molecular formula is C17H25N3O4. The summed E-state index contributed by atoms with van der Waals surface area (Å²) in [6, 6.07) is 5.35. The lowest BCUT2D eigenvalue weighted by atomic mass is 10.2. The van der Waals surface area contributed by atoms with E-state index in [2.05, 4.69) is 10.3 Å². The second-order valence-electron chi connectivity index (χ2n) is 5.96. The highest BCUT2D eigenvalue weighted by molar-refractivity contribution is 5.87. The average molecular weight is 335 g/mol. The van der Waals surface area contributed by atoms with E-state index < -0.39 is 11.7 Å². The second kappa shape index (κ2) is 9.54. The number of ether oxygens (including phenoxy) is 2. The Hall–Kier alpha value is -2.57. The lowest BCUT2D eigenvalue weighted by Gasteiger charge is -2.26. The first kappa shape index (κ1) is 19.5. The number of hydrogen-bond donors (Lipinski definition) is 1. The van der Waals surface area contributed by atoms with Crippen LogP contribution in [0, 0.1) is 0 Å². The maximum Gasteiger partial charge on any atom is 0.410 e. The average Bonchev–Trinajstić information content (AvgIpc) is 2.52. The molecule has 0 aliphatic carbocycles. The quantitative estimate of drug-likeness (QED) is 0.771. The Kier molecular flexibility index (Phi) is 7.74. The fraction of sp³-hybridized carbons (Fsp3) is 0.471. The first-order valence-corrected chi connectivity index (χ1v) is 7.72. The van der Waals surface area contributed by atoms with E-state index in [1.54, 1.807) is 52.2 Å². The summed E-state index contributed by atoms with van der Waals surface area (Å²) in [5.74, 6) is 0.256. The Morgan fingerprint density at radius 2 is 2.08 bits per heavy atom. The van der Waals surface area contributed by atoms with Crippen LogP contribution in [0.2, 0.25) is 0 Å². The van der Waals surface area contributed by atoms with Crippen LogP contribution >= 0.6 is 0 Å². The molecule has 0 saturated heterocycles. The van der Waals surface area contributed by atoms with Crippen LogP contribution in [0.15, 0.2) is 36.5 Å². The zero-order valence-corrected chi connectivity index (χ0v) is 14.6. The molecule has 0 aliphatic heterocycles. The Balaban J connectivity index is 2.60. The molecule has 24 heavy (non-hydrogen) atoms. The number of carbonyl (C=O) groups is 2. The SMILES string of the molecule is CNC(=O)/C=C/CN(CCOc1ccccn1)C(=O)OC(C)(C)C. The van der Waals surface area contributed by atoms with Gasteiger partial charge in [-0.15, -0.1) is 0 Å². The van der Waals surface area contributed by atoms with Crippen LogP contribution in [-0.4, -0.2) is 54.2 Å². The number of nitrogens with one attached hydrogen (secondary N) is 1. The van der Waals surface area contributed by atoms with E-state index in [-0.39, 0.29) is 19.1 Å². The second-order valence-corrected chi connectivity index (χ2v) is 5.96. The molecule has 1 aromatic rings. The van der Waals surface area contributed by atoms with Crippen molar-refractivity contribution in [2.75, 3.05) is 26.7 Å². The van der Waals surface area contributed by atoms with Gasteiger partial charge in [0.2, 0.25) is 11.8 Å². The minimum atomic E-state index is -0.596. The van der Waals surface area contributed by atoms with E-state index in [4.69, 9.17) is 9.47 Å². The summed E-state index contributed by atoms with van der Waals surface area (Å²) < 4.78 is 10.9. The molecule has 0 spiro atoms. The standard InChI is InChI=1S/C17H25N3O4/c1-17(2,3)24-16(22)20(11-7-8-14(21)18-4)12-13-23-15-9-5-6-10-19-15/h5-10H,11-13H2,1-4H3,(H,18,21)/b8-7+. The van der Waals surface area contributed by atoms with Gasteiger partial charge in [-0.2, -0.15) is 0 Å². The van der Waals surface area contributed by atoms with Crippen molar-refractivity contribution in [3.8, 4) is 5.88 Å². The highest BCUT2D eigenvalue weighted by Crippen LogP contribution is 2.10. The normalized spacial score (nSPS) is 11.2. The summed E-state index contributed by atoms with van der Waals surface area (Å²) in [5, 5.41) is 2.48. The number of amides is 2. The van der Waals surface area contributed by atoms with Crippen LogP contribution in [-0.2, 0) is 9.53 Å². The summed E-state index contributed by atoms with van der Waals surface area (Å²) in [5.41, 5.74) is -0.596. The topological polar surface area (TPSA) is 80.8 Å². The molecular weight excluding hydrogens is 310 g/mol. The highest BCUT2D eigenvalue weighted by atomic mass is 16.6. The predicted octanol–water partition coefficient (Wildman–Crippen LogP) is 2.00. The number of likely N-dealkylation sites (N-methyl/N-ethyl adjacent to an activating group) is 1. The third-order valence-electron chi connectivity index (χ3n) is 2.74. The lowest BCUT2D eigenvalue weighted by Crippen LogP contribution is -2.39. The monoisotopic (exact) mass is 335 g/mol. The molecule has 0 bridgehead atoms. The number of carbonyl (C=O) groups excluding carboxylic acids is 2. The minimum absolute atomic E-state index is 0.233. The van der Waals surface area contributed by atoms with Crippen molar-refractivity contribution in [3.05, 3.63) is 36.5 Å². The molecule has 0 aliphatic rings. The van der Waals surface area contributed by atoms with Crippen LogP contribution in [0.3, 0.4) is 0 Å². The molecule has 1 aromatic heterocycles.